The number of amides is 1. The van der Waals surface area contributed by atoms with Gasteiger partial charge in [-0.15, -0.1) is 24.0 Å². The molecule has 0 spiro atoms. The first-order valence-electron chi connectivity index (χ1n) is 10.0. The van der Waals surface area contributed by atoms with E-state index < -0.39 is 0 Å². The summed E-state index contributed by atoms with van der Waals surface area (Å²) in [6, 6.07) is 13.0. The number of nitrogens with one attached hydrogen (secondary N) is 2. The maximum Gasteiger partial charge on any atom is 0.224 e. The Bertz CT molecular complexity index is 870. The smallest absolute Gasteiger partial charge is 0.224 e. The lowest BCUT2D eigenvalue weighted by Crippen LogP contribution is -2.49. The van der Waals surface area contributed by atoms with Crippen LogP contribution < -0.4 is 15.5 Å². The average molecular weight is 543 g/mol. The fourth-order valence-corrected chi connectivity index (χ4v) is 3.35. The Hall–Kier alpha value is -2.43. The van der Waals surface area contributed by atoms with Crippen LogP contribution in [0, 0.1) is 11.6 Å². The van der Waals surface area contributed by atoms with Crippen LogP contribution >= 0.6 is 24.0 Å². The Kier molecular flexibility index (Phi) is 9.96. The number of hydrogen-bond acceptors (Lipinski definition) is 3. The second kappa shape index (κ2) is 12.4. The Morgan fingerprint density at radius 3 is 2.32 bits per heavy atom. The number of carbonyl (C=O) groups is 1. The number of aliphatic imine (C=N–C) groups is 1. The molecule has 168 valence electrons. The second-order valence-corrected chi connectivity index (χ2v) is 7.04. The molecule has 9 heteroatoms. The molecule has 0 aromatic heterocycles. The van der Waals surface area contributed by atoms with E-state index in [1.54, 1.807) is 37.4 Å². The summed E-state index contributed by atoms with van der Waals surface area (Å²) in [5, 5.41) is 6.14. The summed E-state index contributed by atoms with van der Waals surface area (Å²) < 4.78 is 26.8. The van der Waals surface area contributed by atoms with Gasteiger partial charge in [-0.25, -0.2) is 8.78 Å². The fraction of sp³-hybridized carbons (Fsp3) is 0.364. The summed E-state index contributed by atoms with van der Waals surface area (Å²) in [5.74, 6) is 0.0758. The number of piperazine rings is 1. The Labute approximate surface area is 198 Å². The van der Waals surface area contributed by atoms with E-state index in [4.69, 9.17) is 0 Å². The molecule has 31 heavy (non-hydrogen) atoms. The van der Waals surface area contributed by atoms with Crippen LogP contribution in [0.1, 0.15) is 12.0 Å². The van der Waals surface area contributed by atoms with Crippen molar-refractivity contribution in [2.75, 3.05) is 44.7 Å². The number of nitrogens with zero attached hydrogens (tertiary/aromatic N) is 3. The van der Waals surface area contributed by atoms with Crippen LogP contribution in [0.2, 0.25) is 0 Å². The topological polar surface area (TPSA) is 60.0 Å². The zero-order chi connectivity index (χ0) is 21.3. The van der Waals surface area contributed by atoms with Crippen LogP contribution in [0.5, 0.6) is 0 Å². The molecular formula is C22H28F2IN5O. The number of halogens is 3. The van der Waals surface area contributed by atoms with Crippen LogP contribution in [0.25, 0.3) is 0 Å². The Balaban J connectivity index is 0.00000341. The number of rotatable bonds is 6. The third-order valence-corrected chi connectivity index (χ3v) is 5.08. The summed E-state index contributed by atoms with van der Waals surface area (Å²) in [5.41, 5.74) is 1.52. The standard InChI is InChI=1S/C22H27F2N5O.HI/c1-25-22(27-16-17-4-2-3-5-20(17)24)26-11-10-21(30)29-14-12-28(13-15-29)19-8-6-18(23)7-9-19;/h2-9H,10-16H2,1H3,(H2,25,26,27);1H. The van der Waals surface area contributed by atoms with E-state index >= 15 is 0 Å². The van der Waals surface area contributed by atoms with Crippen LogP contribution in [0.4, 0.5) is 14.5 Å². The van der Waals surface area contributed by atoms with Crippen molar-refractivity contribution in [1.82, 2.24) is 15.5 Å². The van der Waals surface area contributed by atoms with Crippen molar-refractivity contribution in [3.63, 3.8) is 0 Å². The van der Waals surface area contributed by atoms with Gasteiger partial charge in [0.25, 0.3) is 0 Å². The van der Waals surface area contributed by atoms with Crippen LogP contribution in [-0.4, -0.2) is 56.5 Å². The molecule has 0 bridgehead atoms. The van der Waals surface area contributed by atoms with Gasteiger partial charge in [0.05, 0.1) is 0 Å². The SMILES string of the molecule is CN=C(NCCC(=O)N1CCN(c2ccc(F)cc2)CC1)NCc1ccccc1F.I. The monoisotopic (exact) mass is 543 g/mol. The van der Waals surface area contributed by atoms with Gasteiger partial charge in [-0.05, 0) is 30.3 Å². The molecule has 2 aromatic carbocycles. The van der Waals surface area contributed by atoms with E-state index in [0.29, 0.717) is 44.1 Å². The molecule has 1 heterocycles. The van der Waals surface area contributed by atoms with Crippen LogP contribution in [0.3, 0.4) is 0 Å². The third kappa shape index (κ3) is 7.34. The minimum absolute atomic E-state index is 0. The maximum absolute atomic E-state index is 13.7. The highest BCUT2D eigenvalue weighted by Crippen LogP contribution is 2.17. The fourth-order valence-electron chi connectivity index (χ4n) is 3.35. The van der Waals surface area contributed by atoms with Crippen LogP contribution in [0.15, 0.2) is 53.5 Å². The minimum Gasteiger partial charge on any atom is -0.368 e. The van der Waals surface area contributed by atoms with Gasteiger partial charge in [0.15, 0.2) is 5.96 Å². The number of carbonyl (C=O) groups excluding carboxylic acids is 1. The first-order valence-corrected chi connectivity index (χ1v) is 10.0. The highest BCUT2D eigenvalue weighted by Gasteiger charge is 2.21. The number of anilines is 1. The summed E-state index contributed by atoms with van der Waals surface area (Å²) >= 11 is 0. The van der Waals surface area contributed by atoms with Crippen molar-refractivity contribution >= 4 is 41.5 Å². The summed E-state index contributed by atoms with van der Waals surface area (Å²) in [7, 11) is 1.63. The minimum atomic E-state index is -0.268. The molecule has 1 aliphatic heterocycles. The van der Waals surface area contributed by atoms with Gasteiger partial charge in [0.1, 0.15) is 11.6 Å². The van der Waals surface area contributed by atoms with Crippen molar-refractivity contribution in [3.05, 3.63) is 65.7 Å². The molecule has 1 saturated heterocycles. The molecule has 0 saturated carbocycles. The van der Waals surface area contributed by atoms with Gasteiger partial charge >= 0.3 is 0 Å². The third-order valence-electron chi connectivity index (χ3n) is 5.08. The van der Waals surface area contributed by atoms with E-state index in [1.807, 2.05) is 4.90 Å². The molecule has 0 aliphatic carbocycles. The van der Waals surface area contributed by atoms with E-state index in [2.05, 4.69) is 20.5 Å². The molecule has 2 aromatic rings. The van der Waals surface area contributed by atoms with Crippen molar-refractivity contribution in [1.29, 1.82) is 0 Å². The van der Waals surface area contributed by atoms with Gasteiger partial charge < -0.3 is 20.4 Å². The highest BCUT2D eigenvalue weighted by molar-refractivity contribution is 14.0. The van der Waals surface area contributed by atoms with Crippen molar-refractivity contribution in [2.24, 2.45) is 4.99 Å². The molecule has 1 fully saturated rings. The predicted octanol–water partition coefficient (Wildman–Crippen LogP) is 2.99. The van der Waals surface area contributed by atoms with E-state index in [0.717, 1.165) is 18.8 Å². The van der Waals surface area contributed by atoms with E-state index in [-0.39, 0.29) is 41.5 Å². The largest absolute Gasteiger partial charge is 0.368 e. The molecule has 0 atom stereocenters. The Morgan fingerprint density at radius 1 is 1.00 bits per heavy atom. The normalized spacial score (nSPS) is 14.1. The summed E-state index contributed by atoms with van der Waals surface area (Å²) in [4.78, 5) is 20.6. The Morgan fingerprint density at radius 2 is 1.68 bits per heavy atom. The van der Waals surface area contributed by atoms with E-state index in [9.17, 15) is 13.6 Å². The maximum atomic E-state index is 13.7. The summed E-state index contributed by atoms with van der Waals surface area (Å²) in [6.07, 6.45) is 0.344. The lowest BCUT2D eigenvalue weighted by atomic mass is 10.2. The van der Waals surface area contributed by atoms with Gasteiger partial charge in [-0.1, -0.05) is 18.2 Å². The van der Waals surface area contributed by atoms with E-state index in [1.165, 1.54) is 18.2 Å². The van der Waals surface area contributed by atoms with Gasteiger partial charge in [-0.2, -0.15) is 0 Å². The molecule has 0 radical (unpaired) electrons. The van der Waals surface area contributed by atoms with Crippen LogP contribution in [-0.2, 0) is 11.3 Å². The summed E-state index contributed by atoms with van der Waals surface area (Å²) in [6.45, 7) is 3.46. The molecular weight excluding hydrogens is 515 g/mol. The first-order chi connectivity index (χ1) is 14.6. The second-order valence-electron chi connectivity index (χ2n) is 7.04. The number of guanidine groups is 1. The molecule has 1 amide bonds. The highest BCUT2D eigenvalue weighted by atomic mass is 127. The zero-order valence-corrected chi connectivity index (χ0v) is 19.8. The van der Waals surface area contributed by atoms with Crippen molar-refractivity contribution in [3.8, 4) is 0 Å². The quantitative estimate of drug-likeness (QED) is 0.334. The number of benzene rings is 2. The van der Waals surface area contributed by atoms with Gasteiger partial charge in [-0.3, -0.25) is 9.79 Å². The lowest BCUT2D eigenvalue weighted by Gasteiger charge is -2.36. The predicted molar refractivity (Wildman–Crippen MR) is 130 cm³/mol. The van der Waals surface area contributed by atoms with Crippen molar-refractivity contribution < 1.29 is 13.6 Å². The average Bonchev–Trinajstić information content (AvgIpc) is 2.77. The molecule has 3 rings (SSSR count). The van der Waals surface area contributed by atoms with Gasteiger partial charge in [0.2, 0.25) is 5.91 Å². The van der Waals surface area contributed by atoms with Crippen molar-refractivity contribution in [2.45, 2.75) is 13.0 Å². The van der Waals surface area contributed by atoms with Gasteiger partial charge in [0, 0.05) is 64.0 Å². The molecule has 2 N–H and O–H groups in total. The molecule has 0 unspecified atom stereocenters. The lowest BCUT2D eigenvalue weighted by molar-refractivity contribution is -0.131. The number of hydrogen-bond donors (Lipinski definition) is 2. The zero-order valence-electron chi connectivity index (χ0n) is 17.5. The molecule has 6 nitrogen and oxygen atoms in total. The first kappa shape index (κ1) is 24.8. The molecule has 1 aliphatic rings.